The molecule has 0 saturated heterocycles. The first-order chi connectivity index (χ1) is 8.15. The van der Waals surface area contributed by atoms with E-state index in [0.29, 0.717) is 0 Å². The summed E-state index contributed by atoms with van der Waals surface area (Å²) in [4.78, 5) is 5.77. The van der Waals surface area contributed by atoms with Gasteiger partial charge in [-0.3, -0.25) is 0 Å². The highest BCUT2D eigenvalue weighted by atomic mass is 79.9. The zero-order valence-corrected chi connectivity index (χ0v) is 14.1. The minimum atomic E-state index is 0.916. The van der Waals surface area contributed by atoms with E-state index in [1.54, 1.807) is 22.7 Å². The summed E-state index contributed by atoms with van der Waals surface area (Å²) >= 11 is 10.5. The van der Waals surface area contributed by atoms with Crippen molar-refractivity contribution in [1.29, 1.82) is 0 Å². The van der Waals surface area contributed by atoms with Crippen molar-refractivity contribution in [2.75, 3.05) is 6.54 Å². The zero-order chi connectivity index (χ0) is 12.3. The van der Waals surface area contributed by atoms with Gasteiger partial charge in [-0.05, 0) is 44.8 Å². The molecule has 6 heteroatoms. The number of nitrogens with one attached hydrogen (secondary N) is 1. The molecule has 0 unspecified atom stereocenters. The van der Waals surface area contributed by atoms with E-state index in [9.17, 15) is 0 Å². The van der Waals surface area contributed by atoms with Gasteiger partial charge in [0.05, 0.1) is 8.79 Å². The maximum atomic E-state index is 4.44. The van der Waals surface area contributed by atoms with Crippen molar-refractivity contribution in [3.05, 3.63) is 35.3 Å². The Kier molecular flexibility index (Phi) is 5.17. The van der Waals surface area contributed by atoms with E-state index in [4.69, 9.17) is 0 Å². The summed E-state index contributed by atoms with van der Waals surface area (Å²) in [6.45, 7) is 3.92. The van der Waals surface area contributed by atoms with Crippen LogP contribution in [0.1, 0.15) is 15.6 Å². The van der Waals surface area contributed by atoms with Crippen LogP contribution in [0.4, 0.5) is 0 Å². The van der Waals surface area contributed by atoms with Crippen LogP contribution in [-0.4, -0.2) is 11.5 Å². The maximum Gasteiger partial charge on any atom is 0.0940 e. The lowest BCUT2D eigenvalue weighted by atomic mass is 10.4. The van der Waals surface area contributed by atoms with Crippen molar-refractivity contribution in [2.45, 2.75) is 19.9 Å². The summed E-state index contributed by atoms with van der Waals surface area (Å²) in [5.41, 5.74) is 1.12. The van der Waals surface area contributed by atoms with Gasteiger partial charge in [-0.15, -0.1) is 22.7 Å². The summed E-state index contributed by atoms with van der Waals surface area (Å²) in [6, 6.07) is 2.15. The van der Waals surface area contributed by atoms with E-state index in [2.05, 4.69) is 53.6 Å². The molecule has 0 amide bonds. The summed E-state index contributed by atoms with van der Waals surface area (Å²) < 4.78 is 2.29. The van der Waals surface area contributed by atoms with Crippen LogP contribution in [0.2, 0.25) is 0 Å². The normalized spacial score (nSPS) is 11.0. The van der Waals surface area contributed by atoms with Gasteiger partial charge in [0, 0.05) is 39.9 Å². The predicted molar refractivity (Wildman–Crippen MR) is 82.0 cm³/mol. The lowest BCUT2D eigenvalue weighted by Crippen LogP contribution is -2.15. The molecule has 92 valence electrons. The largest absolute Gasteiger partial charge is 0.311 e. The number of hydrogen-bond acceptors (Lipinski definition) is 4. The average Bonchev–Trinajstić information content (AvgIpc) is 2.82. The second-order valence-corrected chi connectivity index (χ2v) is 7.90. The molecule has 2 nitrogen and oxygen atoms in total. The molecule has 0 atom stereocenters. The third kappa shape index (κ3) is 4.13. The first kappa shape index (κ1) is 13.7. The van der Waals surface area contributed by atoms with Crippen molar-refractivity contribution < 1.29 is 0 Å². The second kappa shape index (κ2) is 6.43. The van der Waals surface area contributed by atoms with Crippen LogP contribution in [0.3, 0.4) is 0 Å². The van der Waals surface area contributed by atoms with Crippen molar-refractivity contribution in [3.8, 4) is 0 Å². The molecule has 0 bridgehead atoms. The lowest BCUT2D eigenvalue weighted by Gasteiger charge is -2.00. The average molecular weight is 396 g/mol. The van der Waals surface area contributed by atoms with E-state index in [1.165, 1.54) is 9.88 Å². The van der Waals surface area contributed by atoms with Crippen LogP contribution in [0, 0.1) is 6.92 Å². The van der Waals surface area contributed by atoms with Gasteiger partial charge in [-0.25, -0.2) is 4.98 Å². The van der Waals surface area contributed by atoms with Crippen LogP contribution in [0.25, 0.3) is 0 Å². The summed E-state index contributed by atoms with van der Waals surface area (Å²) in [5.74, 6) is 0. The Morgan fingerprint density at radius 1 is 1.41 bits per heavy atom. The van der Waals surface area contributed by atoms with E-state index in [1.807, 2.05) is 6.92 Å². The molecule has 2 aromatic heterocycles. The molecule has 0 spiro atoms. The van der Waals surface area contributed by atoms with Gasteiger partial charge in [-0.1, -0.05) is 0 Å². The number of aryl methyl sites for hydroxylation is 1. The minimum Gasteiger partial charge on any atom is -0.311 e. The molecule has 1 N–H and O–H groups in total. The number of hydrogen-bond donors (Lipinski definition) is 1. The van der Waals surface area contributed by atoms with Crippen molar-refractivity contribution in [3.63, 3.8) is 0 Å². The molecule has 2 heterocycles. The van der Waals surface area contributed by atoms with Gasteiger partial charge in [0.2, 0.25) is 0 Å². The van der Waals surface area contributed by atoms with E-state index in [0.717, 1.165) is 33.5 Å². The van der Waals surface area contributed by atoms with Gasteiger partial charge in [-0.2, -0.15) is 0 Å². The minimum absolute atomic E-state index is 0.916. The number of thiophene rings is 1. The molecule has 2 rings (SSSR count). The number of nitrogens with zero attached hydrogens (tertiary/aromatic N) is 1. The highest BCUT2D eigenvalue weighted by Crippen LogP contribution is 2.32. The fraction of sp³-hybridized carbons (Fsp3) is 0.364. The molecule has 0 aliphatic carbocycles. The zero-order valence-electron chi connectivity index (χ0n) is 9.30. The van der Waals surface area contributed by atoms with Gasteiger partial charge in [0.25, 0.3) is 0 Å². The molecule has 0 aromatic carbocycles. The molecule has 0 radical (unpaired) electrons. The third-order valence-electron chi connectivity index (χ3n) is 2.18. The van der Waals surface area contributed by atoms with Gasteiger partial charge in [0.15, 0.2) is 0 Å². The highest BCUT2D eigenvalue weighted by Gasteiger charge is 2.03. The first-order valence-electron chi connectivity index (χ1n) is 5.20. The van der Waals surface area contributed by atoms with Crippen LogP contribution in [-0.2, 0) is 13.0 Å². The molecule has 2 aromatic rings. The SMILES string of the molecule is Cc1csc(CCNCc2cc(Br)c(Br)s2)n1. The quantitative estimate of drug-likeness (QED) is 0.760. The van der Waals surface area contributed by atoms with Gasteiger partial charge >= 0.3 is 0 Å². The first-order valence-corrected chi connectivity index (χ1v) is 8.49. The Hall–Kier alpha value is 0.250. The Labute approximate surface area is 126 Å². The Morgan fingerprint density at radius 2 is 2.24 bits per heavy atom. The number of thiazole rings is 1. The lowest BCUT2D eigenvalue weighted by molar-refractivity contribution is 0.691. The topological polar surface area (TPSA) is 24.9 Å². The number of halogens is 2. The number of rotatable bonds is 5. The van der Waals surface area contributed by atoms with Crippen molar-refractivity contribution >= 4 is 54.5 Å². The Morgan fingerprint density at radius 3 is 2.82 bits per heavy atom. The standard InChI is InChI=1S/C11H12Br2N2S2/c1-7-6-16-10(15-7)2-3-14-5-8-4-9(12)11(13)17-8/h4,6,14H,2-3,5H2,1H3. The van der Waals surface area contributed by atoms with Crippen LogP contribution in [0.15, 0.2) is 19.7 Å². The van der Waals surface area contributed by atoms with Gasteiger partial charge < -0.3 is 5.32 Å². The summed E-state index contributed by atoms with van der Waals surface area (Å²) in [5, 5.41) is 6.75. The fourth-order valence-electron chi connectivity index (χ4n) is 1.40. The van der Waals surface area contributed by atoms with E-state index < -0.39 is 0 Å². The van der Waals surface area contributed by atoms with Crippen molar-refractivity contribution in [1.82, 2.24) is 10.3 Å². The van der Waals surface area contributed by atoms with Crippen LogP contribution >= 0.6 is 54.5 Å². The summed E-state index contributed by atoms with van der Waals surface area (Å²) in [7, 11) is 0. The summed E-state index contributed by atoms with van der Waals surface area (Å²) in [6.07, 6.45) is 1.01. The van der Waals surface area contributed by atoms with Crippen LogP contribution < -0.4 is 5.32 Å². The second-order valence-electron chi connectivity index (χ2n) is 3.64. The maximum absolute atomic E-state index is 4.44. The molecular formula is C11H12Br2N2S2. The highest BCUT2D eigenvalue weighted by molar-refractivity contribution is 9.13. The van der Waals surface area contributed by atoms with Crippen molar-refractivity contribution in [2.24, 2.45) is 0 Å². The Balaban J connectivity index is 1.73. The fourth-order valence-corrected chi connectivity index (χ4v) is 4.33. The Bertz CT molecular complexity index is 474. The molecule has 0 aliphatic rings. The van der Waals surface area contributed by atoms with Gasteiger partial charge in [0.1, 0.15) is 0 Å². The monoisotopic (exact) mass is 394 g/mol. The third-order valence-corrected chi connectivity index (χ3v) is 6.46. The smallest absolute Gasteiger partial charge is 0.0940 e. The van der Waals surface area contributed by atoms with E-state index in [-0.39, 0.29) is 0 Å². The number of aromatic nitrogens is 1. The molecule has 0 fully saturated rings. The molecular weight excluding hydrogens is 384 g/mol. The van der Waals surface area contributed by atoms with E-state index >= 15 is 0 Å². The van der Waals surface area contributed by atoms with Crippen LogP contribution in [0.5, 0.6) is 0 Å². The molecule has 17 heavy (non-hydrogen) atoms. The molecule has 0 saturated carbocycles. The molecule has 0 aliphatic heterocycles. The predicted octanol–water partition coefficient (Wildman–Crippen LogP) is 4.37.